The zero-order chi connectivity index (χ0) is 9.68. The van der Waals surface area contributed by atoms with E-state index in [1.807, 2.05) is 0 Å². The van der Waals surface area contributed by atoms with Crippen molar-refractivity contribution < 1.29 is 9.84 Å². The van der Waals surface area contributed by atoms with E-state index in [0.29, 0.717) is 18.9 Å². The number of hydrogen-bond donors (Lipinski definition) is 1. The first-order chi connectivity index (χ1) is 6.24. The Morgan fingerprint density at radius 3 is 3.08 bits per heavy atom. The van der Waals surface area contributed by atoms with E-state index >= 15 is 0 Å². The predicted molar refractivity (Wildman–Crippen MR) is 46.7 cm³/mol. The minimum Gasteiger partial charge on any atom is -0.477 e. The number of hydrogen-bond acceptors (Lipinski definition) is 4. The van der Waals surface area contributed by atoms with Gasteiger partial charge in [-0.15, -0.1) is 0 Å². The van der Waals surface area contributed by atoms with Crippen molar-refractivity contribution in [2.45, 2.75) is 6.42 Å². The summed E-state index contributed by atoms with van der Waals surface area (Å²) in [6, 6.07) is 1.61. The van der Waals surface area contributed by atoms with Crippen LogP contribution >= 0.6 is 0 Å². The monoisotopic (exact) mass is 184 g/mol. The Labute approximate surface area is 75.6 Å². The molecule has 1 N–H and O–H groups in total. The summed E-state index contributed by atoms with van der Waals surface area (Å²) in [6.07, 6.45) is 2.13. The normalized spacial score (nSPS) is 10.0. The topological polar surface area (TPSA) is 64.3 Å². The molecule has 72 valence electrons. The van der Waals surface area contributed by atoms with Crippen LogP contribution in [0.25, 0.3) is 0 Å². The maximum Gasteiger partial charge on any atom is 0.350 e. The van der Waals surface area contributed by atoms with Crippen LogP contribution in [0.5, 0.6) is 5.88 Å². The molecule has 13 heavy (non-hydrogen) atoms. The summed E-state index contributed by atoms with van der Waals surface area (Å²) in [4.78, 5) is 14.6. The molecule has 5 heteroatoms. The maximum atomic E-state index is 11.0. The van der Waals surface area contributed by atoms with E-state index < -0.39 is 0 Å². The van der Waals surface area contributed by atoms with Crippen molar-refractivity contribution in [1.82, 2.24) is 9.55 Å². The molecule has 1 aromatic rings. The molecule has 0 saturated carbocycles. The summed E-state index contributed by atoms with van der Waals surface area (Å²) in [5.41, 5.74) is -0.346. The first-order valence-electron chi connectivity index (χ1n) is 4.01. The predicted octanol–water partition coefficient (Wildman–Crippen LogP) is -0.459. The summed E-state index contributed by atoms with van der Waals surface area (Å²) in [6.45, 7) is 0.446. The second kappa shape index (κ2) is 4.61. The maximum absolute atomic E-state index is 11.0. The van der Waals surface area contributed by atoms with Gasteiger partial charge in [-0.2, -0.15) is 4.98 Å². The molecule has 0 unspecified atom stereocenters. The van der Waals surface area contributed by atoms with Crippen LogP contribution in [0, 0.1) is 0 Å². The Hall–Kier alpha value is -1.36. The van der Waals surface area contributed by atoms with E-state index in [9.17, 15) is 4.79 Å². The standard InChI is InChI=1S/C8H12N2O3/c1-10-4-3-7(9-8(10)12)13-6-2-5-11/h3-4,11H,2,5-6H2,1H3. The molecule has 0 spiro atoms. The number of nitrogens with zero attached hydrogens (tertiary/aromatic N) is 2. The zero-order valence-corrected chi connectivity index (χ0v) is 7.43. The molecule has 1 heterocycles. The number of aliphatic hydroxyl groups excluding tert-OH is 1. The summed E-state index contributed by atoms with van der Waals surface area (Å²) < 4.78 is 6.46. The highest BCUT2D eigenvalue weighted by Gasteiger charge is 1.96. The number of aliphatic hydroxyl groups is 1. The first kappa shape index (κ1) is 9.73. The number of aryl methyl sites for hydroxylation is 1. The van der Waals surface area contributed by atoms with Crippen molar-refractivity contribution in [2.75, 3.05) is 13.2 Å². The van der Waals surface area contributed by atoms with Crippen LogP contribution in [0.3, 0.4) is 0 Å². The SMILES string of the molecule is Cn1ccc(OCCCO)nc1=O. The molecule has 0 radical (unpaired) electrons. The lowest BCUT2D eigenvalue weighted by Gasteiger charge is -2.03. The molecular formula is C8H12N2O3. The van der Waals surface area contributed by atoms with Crippen LogP contribution in [0.15, 0.2) is 17.1 Å². The van der Waals surface area contributed by atoms with E-state index in [2.05, 4.69) is 4.98 Å². The molecule has 0 aliphatic carbocycles. The first-order valence-corrected chi connectivity index (χ1v) is 4.01. The van der Waals surface area contributed by atoms with Gasteiger partial charge in [-0.05, 0) is 0 Å². The second-order valence-corrected chi connectivity index (χ2v) is 2.58. The molecule has 0 saturated heterocycles. The third-order valence-electron chi connectivity index (χ3n) is 1.50. The summed E-state index contributed by atoms with van der Waals surface area (Å²) in [5, 5.41) is 8.48. The van der Waals surface area contributed by atoms with Crippen molar-refractivity contribution in [3.63, 3.8) is 0 Å². The summed E-state index contributed by atoms with van der Waals surface area (Å²) >= 11 is 0. The van der Waals surface area contributed by atoms with E-state index in [4.69, 9.17) is 9.84 Å². The highest BCUT2D eigenvalue weighted by Crippen LogP contribution is 2.00. The van der Waals surface area contributed by atoms with Crippen LogP contribution in [-0.2, 0) is 7.05 Å². The fourth-order valence-corrected chi connectivity index (χ4v) is 0.771. The van der Waals surface area contributed by atoms with Gasteiger partial charge in [0.1, 0.15) is 0 Å². The molecule has 0 atom stereocenters. The van der Waals surface area contributed by atoms with Gasteiger partial charge in [0.05, 0.1) is 6.61 Å². The molecule has 0 aliphatic heterocycles. The molecule has 0 amide bonds. The fourth-order valence-electron chi connectivity index (χ4n) is 0.771. The Kier molecular flexibility index (Phi) is 3.45. The van der Waals surface area contributed by atoms with Crippen molar-refractivity contribution in [3.8, 4) is 5.88 Å². The fraction of sp³-hybridized carbons (Fsp3) is 0.500. The van der Waals surface area contributed by atoms with Gasteiger partial charge in [-0.1, -0.05) is 0 Å². The molecule has 0 bridgehead atoms. The minimum absolute atomic E-state index is 0.0742. The molecular weight excluding hydrogens is 172 g/mol. The third-order valence-corrected chi connectivity index (χ3v) is 1.50. The molecule has 0 fully saturated rings. The van der Waals surface area contributed by atoms with Gasteiger partial charge in [0, 0.05) is 32.3 Å². The molecule has 5 nitrogen and oxygen atoms in total. The van der Waals surface area contributed by atoms with Gasteiger partial charge < -0.3 is 14.4 Å². The zero-order valence-electron chi connectivity index (χ0n) is 7.43. The van der Waals surface area contributed by atoms with E-state index in [0.717, 1.165) is 0 Å². The number of ether oxygens (including phenoxy) is 1. The Balaban J connectivity index is 2.58. The Morgan fingerprint density at radius 1 is 1.69 bits per heavy atom. The molecule has 1 aromatic heterocycles. The summed E-state index contributed by atoms with van der Waals surface area (Å²) in [5.74, 6) is 0.302. The average Bonchev–Trinajstić information content (AvgIpc) is 2.12. The second-order valence-electron chi connectivity index (χ2n) is 2.58. The van der Waals surface area contributed by atoms with Crippen LogP contribution in [0.1, 0.15) is 6.42 Å². The smallest absolute Gasteiger partial charge is 0.350 e. The third kappa shape index (κ3) is 2.87. The lowest BCUT2D eigenvalue weighted by molar-refractivity contribution is 0.228. The Morgan fingerprint density at radius 2 is 2.46 bits per heavy atom. The van der Waals surface area contributed by atoms with Gasteiger partial charge in [-0.3, -0.25) is 0 Å². The Bertz CT molecular complexity index is 321. The van der Waals surface area contributed by atoms with Crippen LogP contribution in [0.2, 0.25) is 0 Å². The van der Waals surface area contributed by atoms with Crippen molar-refractivity contribution in [2.24, 2.45) is 7.05 Å². The van der Waals surface area contributed by atoms with Gasteiger partial charge in [0.2, 0.25) is 5.88 Å². The highest BCUT2D eigenvalue weighted by atomic mass is 16.5. The van der Waals surface area contributed by atoms with E-state index in [-0.39, 0.29) is 12.3 Å². The average molecular weight is 184 g/mol. The number of aromatic nitrogens is 2. The minimum atomic E-state index is -0.346. The van der Waals surface area contributed by atoms with E-state index in [1.165, 1.54) is 4.57 Å². The van der Waals surface area contributed by atoms with E-state index in [1.54, 1.807) is 19.3 Å². The molecule has 0 aromatic carbocycles. The van der Waals surface area contributed by atoms with Crippen LogP contribution < -0.4 is 10.4 Å². The molecule has 0 aliphatic rings. The van der Waals surface area contributed by atoms with Crippen LogP contribution in [-0.4, -0.2) is 27.9 Å². The lowest BCUT2D eigenvalue weighted by Crippen LogP contribution is -2.19. The van der Waals surface area contributed by atoms with Crippen LogP contribution in [0.4, 0.5) is 0 Å². The largest absolute Gasteiger partial charge is 0.477 e. The summed E-state index contributed by atoms with van der Waals surface area (Å²) in [7, 11) is 1.62. The lowest BCUT2D eigenvalue weighted by atomic mass is 10.5. The van der Waals surface area contributed by atoms with Crippen molar-refractivity contribution >= 4 is 0 Å². The van der Waals surface area contributed by atoms with Gasteiger partial charge in [0.25, 0.3) is 0 Å². The number of rotatable bonds is 4. The van der Waals surface area contributed by atoms with Crippen molar-refractivity contribution in [3.05, 3.63) is 22.7 Å². The quantitative estimate of drug-likeness (QED) is 0.643. The van der Waals surface area contributed by atoms with Gasteiger partial charge in [-0.25, -0.2) is 4.79 Å². The molecule has 1 rings (SSSR count). The highest BCUT2D eigenvalue weighted by molar-refractivity contribution is 5.05. The van der Waals surface area contributed by atoms with Gasteiger partial charge in [0.15, 0.2) is 0 Å². The van der Waals surface area contributed by atoms with Gasteiger partial charge >= 0.3 is 5.69 Å². The van der Waals surface area contributed by atoms with Crippen molar-refractivity contribution in [1.29, 1.82) is 0 Å².